The number of fused-ring (bicyclic) bond motifs is 1. The van der Waals surface area contributed by atoms with Crippen LogP contribution in [0.3, 0.4) is 0 Å². The molecule has 3 rings (SSSR count). The Balaban J connectivity index is 0.00000120. The number of H-pyrrole nitrogens is 1. The summed E-state index contributed by atoms with van der Waals surface area (Å²) in [7, 11) is 0. The van der Waals surface area contributed by atoms with Gasteiger partial charge in [-0.2, -0.15) is 0 Å². The van der Waals surface area contributed by atoms with Gasteiger partial charge in [0.05, 0.1) is 11.0 Å². The van der Waals surface area contributed by atoms with Crippen LogP contribution in [-0.4, -0.2) is 9.97 Å². The second kappa shape index (κ2) is 4.41. The topological polar surface area (TPSA) is 80.7 Å². The molecule has 0 fully saturated rings. The molecule has 0 saturated carbocycles. The number of anilines is 2. The van der Waals surface area contributed by atoms with E-state index < -0.39 is 0 Å². The Morgan fingerprint density at radius 3 is 2.28 bits per heavy atom. The molecule has 4 heteroatoms. The van der Waals surface area contributed by atoms with Crippen molar-refractivity contribution < 1.29 is 0 Å². The van der Waals surface area contributed by atoms with E-state index in [4.69, 9.17) is 11.5 Å². The van der Waals surface area contributed by atoms with Crippen molar-refractivity contribution in [2.45, 2.75) is 7.43 Å². The Bertz CT molecular complexity index is 668. The summed E-state index contributed by atoms with van der Waals surface area (Å²) in [6, 6.07) is 13.2. The standard InChI is InChI=1S/C13H12N4.CH4/c14-9-3-1-8(2-4-9)13-16-11-6-5-10(15)7-12(11)17-13;/h1-7H,14-15H2,(H,16,17);1H4. The maximum absolute atomic E-state index is 5.73. The van der Waals surface area contributed by atoms with Gasteiger partial charge in [-0.05, 0) is 42.5 Å². The molecule has 1 aromatic heterocycles. The van der Waals surface area contributed by atoms with Gasteiger partial charge in [0.15, 0.2) is 0 Å². The predicted molar refractivity (Wildman–Crippen MR) is 77.1 cm³/mol. The van der Waals surface area contributed by atoms with E-state index in [-0.39, 0.29) is 7.43 Å². The highest BCUT2D eigenvalue weighted by atomic mass is 14.9. The third-order valence-electron chi connectivity index (χ3n) is 2.69. The van der Waals surface area contributed by atoms with Crippen LogP contribution in [0, 0.1) is 0 Å². The fraction of sp³-hybridized carbons (Fsp3) is 0.0714. The van der Waals surface area contributed by atoms with Crippen LogP contribution in [-0.2, 0) is 0 Å². The summed E-state index contributed by atoms with van der Waals surface area (Å²) >= 11 is 0. The first-order valence-electron chi connectivity index (χ1n) is 5.33. The van der Waals surface area contributed by atoms with Gasteiger partial charge in [-0.1, -0.05) is 7.43 Å². The van der Waals surface area contributed by atoms with Gasteiger partial charge in [0.25, 0.3) is 0 Å². The molecule has 0 amide bonds. The first kappa shape index (κ1) is 12.0. The van der Waals surface area contributed by atoms with Gasteiger partial charge >= 0.3 is 0 Å². The Kier molecular flexibility index (Phi) is 2.93. The molecule has 0 atom stereocenters. The van der Waals surface area contributed by atoms with Crippen LogP contribution in [0.25, 0.3) is 22.4 Å². The smallest absolute Gasteiger partial charge is 0.138 e. The van der Waals surface area contributed by atoms with Crippen molar-refractivity contribution in [3.8, 4) is 11.4 Å². The molecule has 0 spiro atoms. The number of rotatable bonds is 1. The van der Waals surface area contributed by atoms with Gasteiger partial charge in [0.1, 0.15) is 5.82 Å². The second-order valence-electron chi connectivity index (χ2n) is 3.98. The molecular formula is C14H16N4. The number of aromatic amines is 1. The van der Waals surface area contributed by atoms with Gasteiger partial charge in [0.2, 0.25) is 0 Å². The summed E-state index contributed by atoms with van der Waals surface area (Å²) in [4.78, 5) is 7.74. The highest BCUT2D eigenvalue weighted by Crippen LogP contribution is 2.22. The number of hydrogen-bond donors (Lipinski definition) is 3. The second-order valence-corrected chi connectivity index (χ2v) is 3.98. The van der Waals surface area contributed by atoms with Gasteiger partial charge in [-0.25, -0.2) is 4.98 Å². The molecule has 0 saturated heterocycles. The highest BCUT2D eigenvalue weighted by Gasteiger charge is 2.04. The quantitative estimate of drug-likeness (QED) is 0.572. The first-order chi connectivity index (χ1) is 8.22. The molecule has 18 heavy (non-hydrogen) atoms. The van der Waals surface area contributed by atoms with Crippen molar-refractivity contribution in [3.05, 3.63) is 42.5 Å². The third kappa shape index (κ3) is 2.00. The number of imidazole rings is 1. The molecule has 1 heterocycles. The Hall–Kier alpha value is -2.49. The van der Waals surface area contributed by atoms with Gasteiger partial charge < -0.3 is 16.5 Å². The number of nitrogens with two attached hydrogens (primary N) is 2. The van der Waals surface area contributed by atoms with E-state index in [9.17, 15) is 0 Å². The van der Waals surface area contributed by atoms with Crippen LogP contribution in [0.4, 0.5) is 11.4 Å². The van der Waals surface area contributed by atoms with Crippen molar-refractivity contribution in [1.29, 1.82) is 0 Å². The van der Waals surface area contributed by atoms with Crippen LogP contribution in [0.5, 0.6) is 0 Å². The average Bonchev–Trinajstić information content (AvgIpc) is 2.72. The zero-order valence-electron chi connectivity index (χ0n) is 9.14. The van der Waals surface area contributed by atoms with Crippen molar-refractivity contribution >= 4 is 22.4 Å². The maximum Gasteiger partial charge on any atom is 0.138 e. The molecule has 4 nitrogen and oxygen atoms in total. The van der Waals surface area contributed by atoms with Crippen molar-refractivity contribution in [2.24, 2.45) is 0 Å². The van der Waals surface area contributed by atoms with Crippen molar-refractivity contribution in [3.63, 3.8) is 0 Å². The van der Waals surface area contributed by atoms with E-state index in [1.165, 1.54) is 0 Å². The average molecular weight is 240 g/mol. The first-order valence-corrected chi connectivity index (χ1v) is 5.33. The summed E-state index contributed by atoms with van der Waals surface area (Å²) in [5.41, 5.74) is 15.7. The van der Waals surface area contributed by atoms with E-state index >= 15 is 0 Å². The van der Waals surface area contributed by atoms with E-state index in [0.717, 1.165) is 33.8 Å². The van der Waals surface area contributed by atoms with E-state index in [1.807, 2.05) is 42.5 Å². The minimum atomic E-state index is 0. The molecule has 2 aromatic carbocycles. The third-order valence-corrected chi connectivity index (χ3v) is 2.69. The van der Waals surface area contributed by atoms with Crippen LogP contribution < -0.4 is 11.5 Å². The zero-order valence-corrected chi connectivity index (χ0v) is 9.14. The molecule has 3 aromatic rings. The normalized spacial score (nSPS) is 10.2. The summed E-state index contributed by atoms with van der Waals surface area (Å²) in [6.45, 7) is 0. The molecular weight excluding hydrogens is 224 g/mol. The maximum atomic E-state index is 5.73. The monoisotopic (exact) mass is 240 g/mol. The molecule has 5 N–H and O–H groups in total. The lowest BCUT2D eigenvalue weighted by Crippen LogP contribution is -1.84. The highest BCUT2D eigenvalue weighted by molar-refractivity contribution is 5.82. The lowest BCUT2D eigenvalue weighted by atomic mass is 10.2. The molecule has 0 radical (unpaired) electrons. The van der Waals surface area contributed by atoms with Crippen LogP contribution >= 0.6 is 0 Å². The molecule has 0 aliphatic heterocycles. The van der Waals surface area contributed by atoms with Gasteiger partial charge in [-0.3, -0.25) is 0 Å². The number of nitrogens with zero attached hydrogens (tertiary/aromatic N) is 1. The number of hydrogen-bond acceptors (Lipinski definition) is 3. The zero-order chi connectivity index (χ0) is 11.8. The van der Waals surface area contributed by atoms with Crippen molar-refractivity contribution in [2.75, 3.05) is 11.5 Å². The van der Waals surface area contributed by atoms with Gasteiger partial charge in [-0.15, -0.1) is 0 Å². The fourth-order valence-corrected chi connectivity index (χ4v) is 1.80. The number of aromatic nitrogens is 2. The molecule has 92 valence electrons. The SMILES string of the molecule is C.Nc1ccc(-c2nc3ccc(N)cc3[nH]2)cc1. The van der Waals surface area contributed by atoms with Crippen LogP contribution in [0.15, 0.2) is 42.5 Å². The molecule has 0 unspecified atom stereocenters. The number of nitrogens with one attached hydrogen (secondary N) is 1. The lowest BCUT2D eigenvalue weighted by Gasteiger charge is -1.96. The van der Waals surface area contributed by atoms with E-state index in [2.05, 4.69) is 9.97 Å². The summed E-state index contributed by atoms with van der Waals surface area (Å²) < 4.78 is 0. The minimum Gasteiger partial charge on any atom is -0.399 e. The van der Waals surface area contributed by atoms with E-state index in [0.29, 0.717) is 0 Å². The van der Waals surface area contributed by atoms with Gasteiger partial charge in [0, 0.05) is 16.9 Å². The Morgan fingerprint density at radius 2 is 1.56 bits per heavy atom. The van der Waals surface area contributed by atoms with Crippen LogP contribution in [0.1, 0.15) is 7.43 Å². The Labute approximate surface area is 106 Å². The Morgan fingerprint density at radius 1 is 0.889 bits per heavy atom. The summed E-state index contributed by atoms with van der Waals surface area (Å²) in [5, 5.41) is 0. The van der Waals surface area contributed by atoms with Crippen molar-refractivity contribution in [1.82, 2.24) is 9.97 Å². The predicted octanol–water partition coefficient (Wildman–Crippen LogP) is 3.03. The number of benzene rings is 2. The number of nitrogen functional groups attached to an aromatic ring is 2. The minimum absolute atomic E-state index is 0. The molecule has 0 bridgehead atoms. The summed E-state index contributed by atoms with van der Waals surface area (Å²) in [5.74, 6) is 0.825. The fourth-order valence-electron chi connectivity index (χ4n) is 1.80. The summed E-state index contributed by atoms with van der Waals surface area (Å²) in [6.07, 6.45) is 0. The van der Waals surface area contributed by atoms with E-state index in [1.54, 1.807) is 0 Å². The lowest BCUT2D eigenvalue weighted by molar-refractivity contribution is 1.34. The molecule has 0 aliphatic carbocycles. The van der Waals surface area contributed by atoms with Crippen LogP contribution in [0.2, 0.25) is 0 Å². The largest absolute Gasteiger partial charge is 0.399 e. The molecule has 0 aliphatic rings.